The lowest BCUT2D eigenvalue weighted by molar-refractivity contribution is -0.385. The Morgan fingerprint density at radius 2 is 1.86 bits per heavy atom. The van der Waals surface area contributed by atoms with Crippen LogP contribution in [0, 0.1) is 10.1 Å². The Hall–Kier alpha value is -0.820. The number of nitro groups is 1. The van der Waals surface area contributed by atoms with E-state index in [2.05, 4.69) is 31.9 Å². The predicted molar refractivity (Wildman–Crippen MR) is 90.0 cm³/mol. The minimum atomic E-state index is -0.504. The number of nitro benzene ring substituents is 1. The molecule has 0 N–H and O–H groups in total. The molecule has 0 spiro atoms. The minimum Gasteiger partial charge on any atom is -0.449 e. The molecule has 21 heavy (non-hydrogen) atoms. The fourth-order valence-electron chi connectivity index (χ4n) is 1.58. The molecule has 0 aliphatic heterocycles. The van der Waals surface area contributed by atoms with Gasteiger partial charge >= 0.3 is 5.69 Å². The van der Waals surface area contributed by atoms with Crippen LogP contribution in [-0.4, -0.2) is 4.92 Å². The lowest BCUT2D eigenvalue weighted by Crippen LogP contribution is -1.95. The van der Waals surface area contributed by atoms with E-state index in [0.29, 0.717) is 19.8 Å². The number of benzene rings is 2. The maximum Gasteiger partial charge on any atom is 0.311 e. The van der Waals surface area contributed by atoms with E-state index in [4.69, 9.17) is 27.9 Å². The van der Waals surface area contributed by atoms with Crippen molar-refractivity contribution in [3.8, 4) is 11.5 Å². The summed E-state index contributed by atoms with van der Waals surface area (Å²) in [5.41, 5.74) is 0.635. The molecule has 0 aliphatic carbocycles. The van der Waals surface area contributed by atoms with E-state index in [1.165, 1.54) is 18.2 Å². The Balaban J connectivity index is 2.44. The van der Waals surface area contributed by atoms with Crippen LogP contribution in [0.3, 0.4) is 0 Å². The van der Waals surface area contributed by atoms with Crippen LogP contribution in [0.4, 0.5) is 5.69 Å². The molecule has 4 nitrogen and oxygen atoms in total. The molecule has 0 radical (unpaired) electrons. The third kappa shape index (κ3) is 3.88. The lowest BCUT2D eigenvalue weighted by Gasteiger charge is -2.10. The van der Waals surface area contributed by atoms with Crippen LogP contribution in [0.15, 0.2) is 34.8 Å². The molecule has 0 amide bonds. The van der Waals surface area contributed by atoms with Gasteiger partial charge < -0.3 is 4.74 Å². The summed E-state index contributed by atoms with van der Waals surface area (Å²) in [5.74, 6) is 0.351. The molecule has 2 rings (SSSR count). The first-order chi connectivity index (χ1) is 9.92. The molecule has 0 bridgehead atoms. The first-order valence-corrected chi connectivity index (χ1v) is 8.25. The summed E-state index contributed by atoms with van der Waals surface area (Å²) < 4.78 is 6.16. The highest BCUT2D eigenvalue weighted by Crippen LogP contribution is 2.39. The number of hydrogen-bond acceptors (Lipinski definition) is 3. The fourth-order valence-corrected chi connectivity index (χ4v) is 2.76. The van der Waals surface area contributed by atoms with E-state index in [-0.39, 0.29) is 17.2 Å². The molecule has 0 aromatic heterocycles. The normalized spacial score (nSPS) is 10.5. The Kier molecular flexibility index (Phi) is 5.48. The zero-order valence-corrected chi connectivity index (χ0v) is 15.0. The van der Waals surface area contributed by atoms with Gasteiger partial charge in [-0.15, -0.1) is 0 Å². The molecule has 0 fully saturated rings. The van der Waals surface area contributed by atoms with E-state index < -0.39 is 4.92 Å². The van der Waals surface area contributed by atoms with Crippen molar-refractivity contribution in [2.75, 3.05) is 0 Å². The van der Waals surface area contributed by atoms with E-state index in [1.807, 2.05) is 0 Å². The van der Waals surface area contributed by atoms with Crippen molar-refractivity contribution in [1.82, 2.24) is 0 Å². The van der Waals surface area contributed by atoms with Crippen molar-refractivity contribution in [2.24, 2.45) is 0 Å². The SMILES string of the molecule is O=[N+]([O-])c1cc(CBr)ccc1Oc1cc(Cl)c(Br)cc1Cl. The zero-order valence-electron chi connectivity index (χ0n) is 10.3. The van der Waals surface area contributed by atoms with Gasteiger partial charge in [-0.1, -0.05) is 45.2 Å². The van der Waals surface area contributed by atoms with Crippen molar-refractivity contribution < 1.29 is 9.66 Å². The molecule has 0 heterocycles. The van der Waals surface area contributed by atoms with Gasteiger partial charge in [0.15, 0.2) is 0 Å². The smallest absolute Gasteiger partial charge is 0.311 e. The average Bonchev–Trinajstić information content (AvgIpc) is 2.44. The first-order valence-electron chi connectivity index (χ1n) is 5.58. The molecule has 0 saturated heterocycles. The Labute approximate surface area is 147 Å². The van der Waals surface area contributed by atoms with Crippen molar-refractivity contribution in [1.29, 1.82) is 0 Å². The largest absolute Gasteiger partial charge is 0.449 e. The summed E-state index contributed by atoms with van der Waals surface area (Å²) in [6.45, 7) is 0. The third-order valence-electron chi connectivity index (χ3n) is 2.57. The minimum absolute atomic E-state index is 0.102. The molecular formula is C13H7Br2Cl2NO3. The maximum atomic E-state index is 11.1. The quantitative estimate of drug-likeness (QED) is 0.233. The number of rotatable bonds is 4. The summed E-state index contributed by atoms with van der Waals surface area (Å²) in [7, 11) is 0. The topological polar surface area (TPSA) is 52.4 Å². The standard InChI is InChI=1S/C13H7Br2Cl2NO3/c14-6-7-1-2-12(11(3-7)18(19)20)21-13-5-9(16)8(15)4-10(13)17/h1-5H,6H2. The van der Waals surface area contributed by atoms with Crippen molar-refractivity contribution in [2.45, 2.75) is 5.33 Å². The highest BCUT2D eigenvalue weighted by molar-refractivity contribution is 9.10. The van der Waals surface area contributed by atoms with Crippen LogP contribution in [0.5, 0.6) is 11.5 Å². The second-order valence-corrected chi connectivity index (χ2v) is 6.22. The number of halogens is 4. The highest BCUT2D eigenvalue weighted by atomic mass is 79.9. The van der Waals surface area contributed by atoms with Gasteiger partial charge in [-0.3, -0.25) is 10.1 Å². The lowest BCUT2D eigenvalue weighted by atomic mass is 10.2. The first kappa shape index (κ1) is 16.5. The van der Waals surface area contributed by atoms with Gasteiger partial charge in [-0.2, -0.15) is 0 Å². The summed E-state index contributed by atoms with van der Waals surface area (Å²) >= 11 is 18.5. The van der Waals surface area contributed by atoms with Gasteiger partial charge in [0.05, 0.1) is 15.0 Å². The van der Waals surface area contributed by atoms with Crippen LogP contribution < -0.4 is 4.74 Å². The second-order valence-electron chi connectivity index (χ2n) is 3.99. The molecule has 0 atom stereocenters. The number of ether oxygens (including phenoxy) is 1. The van der Waals surface area contributed by atoms with E-state index in [0.717, 1.165) is 5.56 Å². The molecule has 2 aromatic carbocycles. The van der Waals surface area contributed by atoms with Gasteiger partial charge in [0, 0.05) is 21.9 Å². The number of hydrogen-bond donors (Lipinski definition) is 0. The average molecular weight is 456 g/mol. The van der Waals surface area contributed by atoms with Gasteiger partial charge in [0.1, 0.15) is 5.75 Å². The Morgan fingerprint density at radius 1 is 1.14 bits per heavy atom. The third-order valence-corrected chi connectivity index (χ3v) is 4.71. The summed E-state index contributed by atoms with van der Waals surface area (Å²) in [5, 5.41) is 12.3. The van der Waals surface area contributed by atoms with Crippen molar-refractivity contribution >= 4 is 60.7 Å². The maximum absolute atomic E-state index is 11.1. The molecule has 8 heteroatoms. The molecule has 0 aliphatic rings. The molecule has 0 unspecified atom stereocenters. The van der Waals surface area contributed by atoms with Crippen LogP contribution >= 0.6 is 55.1 Å². The van der Waals surface area contributed by atoms with E-state index >= 15 is 0 Å². The van der Waals surface area contributed by atoms with Crippen LogP contribution in [0.1, 0.15) is 5.56 Å². The molecule has 0 saturated carbocycles. The second kappa shape index (κ2) is 6.96. The molecule has 2 aromatic rings. The van der Waals surface area contributed by atoms with Crippen LogP contribution in [0.25, 0.3) is 0 Å². The predicted octanol–water partition coefficient (Wildman–Crippen LogP) is 6.35. The van der Waals surface area contributed by atoms with Crippen molar-refractivity contribution in [3.63, 3.8) is 0 Å². The monoisotopic (exact) mass is 453 g/mol. The van der Waals surface area contributed by atoms with Gasteiger partial charge in [-0.05, 0) is 33.6 Å². The van der Waals surface area contributed by atoms with Gasteiger partial charge in [-0.25, -0.2) is 0 Å². The Morgan fingerprint density at radius 3 is 2.48 bits per heavy atom. The molecule has 110 valence electrons. The van der Waals surface area contributed by atoms with E-state index in [1.54, 1.807) is 12.1 Å². The zero-order chi connectivity index (χ0) is 15.6. The fraction of sp³-hybridized carbons (Fsp3) is 0.0769. The number of nitrogens with zero attached hydrogens (tertiary/aromatic N) is 1. The van der Waals surface area contributed by atoms with Gasteiger partial charge in [0.2, 0.25) is 5.75 Å². The Bertz CT molecular complexity index is 710. The van der Waals surface area contributed by atoms with Crippen molar-refractivity contribution in [3.05, 3.63) is 60.5 Å². The summed E-state index contributed by atoms with van der Waals surface area (Å²) in [6, 6.07) is 7.76. The highest BCUT2D eigenvalue weighted by Gasteiger charge is 2.18. The summed E-state index contributed by atoms with van der Waals surface area (Å²) in [6.07, 6.45) is 0. The summed E-state index contributed by atoms with van der Waals surface area (Å²) in [4.78, 5) is 10.6. The van der Waals surface area contributed by atoms with Crippen LogP contribution in [-0.2, 0) is 5.33 Å². The van der Waals surface area contributed by atoms with Crippen LogP contribution in [0.2, 0.25) is 10.0 Å². The molecular weight excluding hydrogens is 449 g/mol. The van der Waals surface area contributed by atoms with Gasteiger partial charge in [0.25, 0.3) is 0 Å². The number of alkyl halides is 1. The van der Waals surface area contributed by atoms with E-state index in [9.17, 15) is 10.1 Å².